The number of hydrogen-bond acceptors (Lipinski definition) is 6. The maximum Gasteiger partial charge on any atom is 0.339 e. The number of esters is 1. The number of benzene rings is 2. The number of hydrogen-bond donors (Lipinski definition) is 0. The number of aromatic nitrogens is 4. The molecule has 1 atom stereocenters. The predicted octanol–water partition coefficient (Wildman–Crippen LogP) is 7.88. The number of aryl methyl sites for hydroxylation is 1. The van der Waals surface area contributed by atoms with Gasteiger partial charge in [-0.2, -0.15) is 5.10 Å². The van der Waals surface area contributed by atoms with Crippen LogP contribution in [0, 0.1) is 12.3 Å². The molecule has 0 amide bonds. The normalized spacial score (nSPS) is 15.7. The molecule has 8 heteroatoms. The molecule has 0 spiro atoms. The van der Waals surface area contributed by atoms with Gasteiger partial charge in [0.15, 0.2) is 6.10 Å². The van der Waals surface area contributed by atoms with Crippen molar-refractivity contribution in [1.82, 2.24) is 19.2 Å². The zero-order valence-corrected chi connectivity index (χ0v) is 28.1. The number of pyridine rings is 1. The molecular formula is C38H45N5O3. The summed E-state index contributed by atoms with van der Waals surface area (Å²) in [6.45, 7) is 15.0. The molecule has 2 aromatic carbocycles. The predicted molar refractivity (Wildman–Crippen MR) is 183 cm³/mol. The summed E-state index contributed by atoms with van der Waals surface area (Å²) in [7, 11) is 1.42. The molecule has 1 unspecified atom stereocenters. The van der Waals surface area contributed by atoms with Crippen molar-refractivity contribution in [2.24, 2.45) is 5.41 Å². The minimum atomic E-state index is -0.874. The van der Waals surface area contributed by atoms with Gasteiger partial charge in [-0.05, 0) is 74.8 Å². The van der Waals surface area contributed by atoms with Gasteiger partial charge in [0.25, 0.3) is 0 Å². The van der Waals surface area contributed by atoms with Gasteiger partial charge in [-0.25, -0.2) is 9.78 Å². The Morgan fingerprint density at radius 1 is 0.957 bits per heavy atom. The second-order valence-corrected chi connectivity index (χ2v) is 14.2. The van der Waals surface area contributed by atoms with Gasteiger partial charge in [0, 0.05) is 42.2 Å². The lowest BCUT2D eigenvalue weighted by Crippen LogP contribution is -2.40. The fraction of sp³-hybridized carbons (Fsp3) is 0.395. The van der Waals surface area contributed by atoms with Crippen molar-refractivity contribution in [2.75, 3.05) is 25.1 Å². The third-order valence-corrected chi connectivity index (χ3v) is 8.85. The summed E-state index contributed by atoms with van der Waals surface area (Å²) in [5.41, 5.74) is 7.52. The summed E-state index contributed by atoms with van der Waals surface area (Å²) >= 11 is 0. The van der Waals surface area contributed by atoms with Crippen LogP contribution in [0.2, 0.25) is 0 Å². The number of carbonyl (C=O) groups is 1. The molecule has 6 rings (SSSR count). The Hall–Kier alpha value is -4.43. The van der Waals surface area contributed by atoms with Crippen LogP contribution in [0.4, 0.5) is 5.82 Å². The van der Waals surface area contributed by atoms with Gasteiger partial charge in [0.1, 0.15) is 11.5 Å². The van der Waals surface area contributed by atoms with Crippen LogP contribution in [-0.4, -0.2) is 50.9 Å². The summed E-state index contributed by atoms with van der Waals surface area (Å²) in [6, 6.07) is 20.8. The van der Waals surface area contributed by atoms with Crippen LogP contribution in [0.5, 0.6) is 0 Å². The monoisotopic (exact) mass is 619 g/mol. The molecular weight excluding hydrogens is 574 g/mol. The SMILES string of the molecule is COC(=O)C(OC(C)(C)C)c1c(C)cc2nc(-c3cccc(-c4cnn(Cc5ccccc5)c4)c3)cn2c1N1CCC(C)(C)CC1. The van der Waals surface area contributed by atoms with E-state index >= 15 is 0 Å². The van der Waals surface area contributed by atoms with E-state index in [1.165, 1.54) is 12.7 Å². The van der Waals surface area contributed by atoms with Gasteiger partial charge in [0.05, 0.1) is 31.1 Å². The van der Waals surface area contributed by atoms with Gasteiger partial charge < -0.3 is 14.4 Å². The van der Waals surface area contributed by atoms with Gasteiger partial charge in [-0.3, -0.25) is 9.08 Å². The molecule has 1 saturated heterocycles. The van der Waals surface area contributed by atoms with Gasteiger partial charge in [0.2, 0.25) is 0 Å². The number of anilines is 1. The van der Waals surface area contributed by atoms with Gasteiger partial charge >= 0.3 is 5.97 Å². The van der Waals surface area contributed by atoms with E-state index in [-0.39, 0.29) is 5.41 Å². The minimum Gasteiger partial charge on any atom is -0.467 e. The quantitative estimate of drug-likeness (QED) is 0.165. The van der Waals surface area contributed by atoms with Crippen LogP contribution in [0.15, 0.2) is 79.3 Å². The topological polar surface area (TPSA) is 73.9 Å². The van der Waals surface area contributed by atoms with Crippen LogP contribution in [-0.2, 0) is 20.8 Å². The molecule has 0 N–H and O–H groups in total. The van der Waals surface area contributed by atoms with Crippen LogP contribution < -0.4 is 4.90 Å². The third-order valence-electron chi connectivity index (χ3n) is 8.85. The number of rotatable bonds is 8. The lowest BCUT2D eigenvalue weighted by molar-refractivity contribution is -0.164. The summed E-state index contributed by atoms with van der Waals surface area (Å²) < 4.78 is 15.8. The van der Waals surface area contributed by atoms with E-state index in [4.69, 9.17) is 14.5 Å². The highest BCUT2D eigenvalue weighted by atomic mass is 16.6. The molecule has 0 bridgehead atoms. The maximum atomic E-state index is 13.3. The van der Waals surface area contributed by atoms with E-state index < -0.39 is 17.7 Å². The Bertz CT molecular complexity index is 1840. The van der Waals surface area contributed by atoms with E-state index in [9.17, 15) is 4.79 Å². The van der Waals surface area contributed by atoms with E-state index in [1.807, 2.05) is 56.8 Å². The Labute approximate surface area is 272 Å². The first-order valence-electron chi connectivity index (χ1n) is 16.1. The largest absolute Gasteiger partial charge is 0.467 e. The third kappa shape index (κ3) is 6.72. The first kappa shape index (κ1) is 31.5. The van der Waals surface area contributed by atoms with Crippen molar-refractivity contribution < 1.29 is 14.3 Å². The van der Waals surface area contributed by atoms with Gasteiger partial charge in [-0.1, -0.05) is 62.4 Å². The summed E-state index contributed by atoms with van der Waals surface area (Å²) in [4.78, 5) is 20.8. The van der Waals surface area contributed by atoms with Crippen molar-refractivity contribution in [3.05, 3.63) is 95.9 Å². The molecule has 0 saturated carbocycles. The Balaban J connectivity index is 1.42. The molecule has 0 radical (unpaired) electrons. The zero-order chi connectivity index (χ0) is 32.6. The summed E-state index contributed by atoms with van der Waals surface area (Å²) in [5, 5.41) is 4.62. The molecule has 4 heterocycles. The lowest BCUT2D eigenvalue weighted by Gasteiger charge is -2.40. The fourth-order valence-electron chi connectivity index (χ4n) is 6.27. The van der Waals surface area contributed by atoms with Crippen LogP contribution in [0.25, 0.3) is 28.0 Å². The number of ether oxygens (including phenoxy) is 2. The zero-order valence-electron chi connectivity index (χ0n) is 28.1. The average Bonchev–Trinajstić information content (AvgIpc) is 3.67. The van der Waals surface area contributed by atoms with Crippen LogP contribution >= 0.6 is 0 Å². The van der Waals surface area contributed by atoms with Crippen LogP contribution in [0.1, 0.15) is 70.3 Å². The number of nitrogens with zero attached hydrogens (tertiary/aromatic N) is 5. The molecule has 1 aliphatic rings. The molecule has 3 aromatic heterocycles. The number of piperidine rings is 1. The van der Waals surface area contributed by atoms with E-state index in [1.54, 1.807) is 0 Å². The second-order valence-electron chi connectivity index (χ2n) is 14.2. The number of carbonyl (C=O) groups excluding carboxylic acids is 1. The lowest BCUT2D eigenvalue weighted by atomic mass is 9.82. The molecule has 0 aliphatic carbocycles. The van der Waals surface area contributed by atoms with Crippen LogP contribution in [0.3, 0.4) is 0 Å². The van der Waals surface area contributed by atoms with Crippen molar-refractivity contribution in [1.29, 1.82) is 0 Å². The Morgan fingerprint density at radius 3 is 2.37 bits per heavy atom. The number of imidazole rings is 1. The van der Waals surface area contributed by atoms with Gasteiger partial charge in [-0.15, -0.1) is 0 Å². The molecule has 5 aromatic rings. The van der Waals surface area contributed by atoms with E-state index in [2.05, 4.69) is 83.1 Å². The van der Waals surface area contributed by atoms with Crippen molar-refractivity contribution in [3.63, 3.8) is 0 Å². The molecule has 1 aliphatic heterocycles. The standard InChI is InChI=1S/C38H45N5O3/c1-26-20-32-40-31(29-15-11-14-28(21-29)30-22-39-42(24-30)23-27-12-9-8-10-13-27)25-43(32)35(41-18-16-38(5,6)17-19-41)33(26)34(36(44)45-7)46-37(2,3)4/h8-15,20-22,24-25,34H,16-19,23H2,1-7H3. The maximum absolute atomic E-state index is 13.3. The van der Waals surface area contributed by atoms with Crippen molar-refractivity contribution in [3.8, 4) is 22.4 Å². The highest BCUT2D eigenvalue weighted by molar-refractivity contribution is 5.81. The molecule has 8 nitrogen and oxygen atoms in total. The first-order chi connectivity index (χ1) is 21.9. The highest BCUT2D eigenvalue weighted by Crippen LogP contribution is 2.40. The van der Waals surface area contributed by atoms with E-state index in [0.29, 0.717) is 0 Å². The Morgan fingerprint density at radius 2 is 1.67 bits per heavy atom. The number of fused-ring (bicyclic) bond motifs is 1. The fourth-order valence-corrected chi connectivity index (χ4v) is 6.27. The van der Waals surface area contributed by atoms with E-state index in [0.717, 1.165) is 77.5 Å². The van der Waals surface area contributed by atoms with Crippen molar-refractivity contribution in [2.45, 2.75) is 72.6 Å². The average molecular weight is 620 g/mol. The second kappa shape index (κ2) is 12.4. The van der Waals surface area contributed by atoms with Crippen molar-refractivity contribution >= 4 is 17.4 Å². The Kier molecular flexibility index (Phi) is 8.51. The summed E-state index contributed by atoms with van der Waals surface area (Å²) in [6.07, 6.45) is 7.32. The minimum absolute atomic E-state index is 0.263. The molecule has 240 valence electrons. The molecule has 46 heavy (non-hydrogen) atoms. The smallest absolute Gasteiger partial charge is 0.339 e. The molecule has 1 fully saturated rings. The first-order valence-corrected chi connectivity index (χ1v) is 16.1. The number of methoxy groups -OCH3 is 1. The highest BCUT2D eigenvalue weighted by Gasteiger charge is 2.36. The summed E-state index contributed by atoms with van der Waals surface area (Å²) in [5.74, 6) is 0.541.